The zero-order chi connectivity index (χ0) is 19.8. The molecule has 1 aliphatic heterocycles. The lowest BCUT2D eigenvalue weighted by atomic mass is 10.1. The average molecular weight is 387 g/mol. The van der Waals surface area contributed by atoms with Crippen LogP contribution in [0.4, 0.5) is 0 Å². The van der Waals surface area contributed by atoms with Crippen molar-refractivity contribution in [1.82, 2.24) is 15.1 Å². The third kappa shape index (κ3) is 6.49. The Morgan fingerprint density at radius 2 is 2.04 bits per heavy atom. The van der Waals surface area contributed by atoms with Crippen LogP contribution in [-0.2, 0) is 11.3 Å². The van der Waals surface area contributed by atoms with Crippen LogP contribution in [0.1, 0.15) is 45.6 Å². The van der Waals surface area contributed by atoms with Gasteiger partial charge < -0.3 is 15.0 Å². The lowest BCUT2D eigenvalue weighted by Gasteiger charge is -2.26. The first kappa shape index (κ1) is 21.1. The smallest absolute Gasteiger partial charge is 0.193 e. The Labute approximate surface area is 171 Å². The van der Waals surface area contributed by atoms with E-state index in [0.29, 0.717) is 18.6 Å². The molecule has 1 N–H and O–H groups in total. The highest BCUT2D eigenvalue weighted by atomic mass is 16.5. The van der Waals surface area contributed by atoms with E-state index in [1.807, 2.05) is 6.07 Å². The second-order valence-electron chi connectivity index (χ2n) is 8.40. The monoisotopic (exact) mass is 386 g/mol. The second kappa shape index (κ2) is 10.8. The van der Waals surface area contributed by atoms with Crippen molar-refractivity contribution < 1.29 is 4.74 Å². The highest BCUT2D eigenvalue weighted by Crippen LogP contribution is 2.28. The SMILES string of the molecule is CCNC(=NCCN(C(C)C)C1CC1)N1CCC(COCc2ccccc2)C1. The topological polar surface area (TPSA) is 40.1 Å². The van der Waals surface area contributed by atoms with Crippen molar-refractivity contribution in [3.63, 3.8) is 0 Å². The molecule has 0 amide bonds. The standard InChI is InChI=1S/C23H38N4O/c1-4-24-23(25-13-15-27(19(2)3)22-10-11-22)26-14-12-21(16-26)18-28-17-20-8-6-5-7-9-20/h5-9,19,21-22H,4,10-18H2,1-3H3,(H,24,25). The Hall–Kier alpha value is -1.59. The normalized spacial score (nSPS) is 20.4. The van der Waals surface area contributed by atoms with Gasteiger partial charge in [0.05, 0.1) is 19.8 Å². The first-order valence-corrected chi connectivity index (χ1v) is 11.1. The molecule has 1 atom stereocenters. The van der Waals surface area contributed by atoms with E-state index in [0.717, 1.165) is 51.3 Å². The number of hydrogen-bond donors (Lipinski definition) is 1. The maximum atomic E-state index is 5.97. The average Bonchev–Trinajstić information content (AvgIpc) is 3.42. The van der Waals surface area contributed by atoms with E-state index in [9.17, 15) is 0 Å². The summed E-state index contributed by atoms with van der Waals surface area (Å²) in [5.41, 5.74) is 1.25. The fourth-order valence-corrected chi connectivity index (χ4v) is 4.04. The number of hydrogen-bond acceptors (Lipinski definition) is 3. The molecule has 1 saturated heterocycles. The van der Waals surface area contributed by atoms with Gasteiger partial charge in [0, 0.05) is 44.2 Å². The number of nitrogens with zero attached hydrogens (tertiary/aromatic N) is 3. The quantitative estimate of drug-likeness (QED) is 0.494. The van der Waals surface area contributed by atoms with Gasteiger partial charge in [-0.3, -0.25) is 9.89 Å². The van der Waals surface area contributed by atoms with Crippen LogP contribution in [0.5, 0.6) is 0 Å². The minimum Gasteiger partial charge on any atom is -0.376 e. The van der Waals surface area contributed by atoms with Crippen LogP contribution in [0.3, 0.4) is 0 Å². The van der Waals surface area contributed by atoms with Gasteiger partial charge in [0.15, 0.2) is 5.96 Å². The van der Waals surface area contributed by atoms with Crippen LogP contribution in [0, 0.1) is 5.92 Å². The molecular weight excluding hydrogens is 348 g/mol. The molecule has 0 spiro atoms. The Morgan fingerprint density at radius 1 is 1.25 bits per heavy atom. The molecule has 5 nitrogen and oxygen atoms in total. The van der Waals surface area contributed by atoms with Crippen molar-refractivity contribution in [2.24, 2.45) is 10.9 Å². The van der Waals surface area contributed by atoms with Crippen molar-refractivity contribution in [3.05, 3.63) is 35.9 Å². The van der Waals surface area contributed by atoms with Crippen molar-refractivity contribution in [2.75, 3.05) is 39.3 Å². The molecule has 0 bridgehead atoms. The van der Waals surface area contributed by atoms with E-state index in [2.05, 4.69) is 60.2 Å². The summed E-state index contributed by atoms with van der Waals surface area (Å²) in [6.07, 6.45) is 3.90. The lowest BCUT2D eigenvalue weighted by molar-refractivity contribution is 0.0906. The van der Waals surface area contributed by atoms with Crippen molar-refractivity contribution in [2.45, 2.75) is 58.7 Å². The molecule has 156 valence electrons. The van der Waals surface area contributed by atoms with Crippen LogP contribution in [0.25, 0.3) is 0 Å². The van der Waals surface area contributed by atoms with Gasteiger partial charge >= 0.3 is 0 Å². The number of guanidine groups is 1. The van der Waals surface area contributed by atoms with Gasteiger partial charge in [-0.2, -0.15) is 0 Å². The van der Waals surface area contributed by atoms with Crippen LogP contribution in [0.15, 0.2) is 35.3 Å². The molecule has 1 aliphatic carbocycles. The summed E-state index contributed by atoms with van der Waals surface area (Å²) in [4.78, 5) is 9.96. The Morgan fingerprint density at radius 3 is 2.71 bits per heavy atom. The number of aliphatic imine (C=N–C) groups is 1. The third-order valence-corrected chi connectivity index (χ3v) is 5.68. The van der Waals surface area contributed by atoms with E-state index in [-0.39, 0.29) is 0 Å². The zero-order valence-corrected chi connectivity index (χ0v) is 17.9. The van der Waals surface area contributed by atoms with E-state index < -0.39 is 0 Å². The maximum absolute atomic E-state index is 5.97. The number of benzene rings is 1. The number of ether oxygens (including phenoxy) is 1. The largest absolute Gasteiger partial charge is 0.376 e. The van der Waals surface area contributed by atoms with E-state index in [1.165, 1.54) is 24.8 Å². The van der Waals surface area contributed by atoms with E-state index in [1.54, 1.807) is 0 Å². The van der Waals surface area contributed by atoms with Crippen LogP contribution in [-0.4, -0.2) is 67.2 Å². The molecule has 1 heterocycles. The lowest BCUT2D eigenvalue weighted by Crippen LogP contribution is -2.41. The van der Waals surface area contributed by atoms with Gasteiger partial charge in [0.1, 0.15) is 0 Å². The summed E-state index contributed by atoms with van der Waals surface area (Å²) in [6, 6.07) is 11.8. The van der Waals surface area contributed by atoms with Gasteiger partial charge in [0.2, 0.25) is 0 Å². The fraction of sp³-hybridized carbons (Fsp3) is 0.696. The van der Waals surface area contributed by atoms with Gasteiger partial charge in [-0.15, -0.1) is 0 Å². The highest BCUT2D eigenvalue weighted by molar-refractivity contribution is 5.80. The van der Waals surface area contributed by atoms with Crippen molar-refractivity contribution in [1.29, 1.82) is 0 Å². The second-order valence-corrected chi connectivity index (χ2v) is 8.40. The number of likely N-dealkylation sites (tertiary alicyclic amines) is 1. The minimum absolute atomic E-state index is 0.589. The van der Waals surface area contributed by atoms with Crippen molar-refractivity contribution in [3.8, 4) is 0 Å². The van der Waals surface area contributed by atoms with E-state index in [4.69, 9.17) is 9.73 Å². The van der Waals surface area contributed by atoms with Crippen LogP contribution in [0.2, 0.25) is 0 Å². The molecule has 1 aromatic carbocycles. The number of rotatable bonds is 10. The molecule has 0 radical (unpaired) electrons. The predicted molar refractivity (Wildman–Crippen MR) is 117 cm³/mol. The fourth-order valence-electron chi connectivity index (χ4n) is 4.04. The van der Waals surface area contributed by atoms with Gasteiger partial charge in [-0.05, 0) is 45.6 Å². The van der Waals surface area contributed by atoms with Gasteiger partial charge in [-0.1, -0.05) is 30.3 Å². The molecular formula is C23H38N4O. The summed E-state index contributed by atoms with van der Waals surface area (Å²) in [6.45, 7) is 13.3. The summed E-state index contributed by atoms with van der Waals surface area (Å²) >= 11 is 0. The third-order valence-electron chi connectivity index (χ3n) is 5.68. The van der Waals surface area contributed by atoms with Gasteiger partial charge in [0.25, 0.3) is 0 Å². The first-order valence-electron chi connectivity index (χ1n) is 11.1. The summed E-state index contributed by atoms with van der Waals surface area (Å²) in [5.74, 6) is 1.67. The Kier molecular flexibility index (Phi) is 8.16. The maximum Gasteiger partial charge on any atom is 0.193 e. The molecule has 3 rings (SSSR count). The number of nitrogens with one attached hydrogen (secondary N) is 1. The van der Waals surface area contributed by atoms with Gasteiger partial charge in [-0.25, -0.2) is 0 Å². The van der Waals surface area contributed by atoms with Crippen LogP contribution < -0.4 is 5.32 Å². The van der Waals surface area contributed by atoms with Crippen molar-refractivity contribution >= 4 is 5.96 Å². The molecule has 5 heteroatoms. The van der Waals surface area contributed by atoms with Crippen LogP contribution >= 0.6 is 0 Å². The molecule has 1 aromatic rings. The summed E-state index contributed by atoms with van der Waals surface area (Å²) < 4.78 is 5.97. The molecule has 1 saturated carbocycles. The highest BCUT2D eigenvalue weighted by Gasteiger charge is 2.30. The summed E-state index contributed by atoms with van der Waals surface area (Å²) in [5, 5.41) is 3.49. The first-order chi connectivity index (χ1) is 13.7. The molecule has 28 heavy (non-hydrogen) atoms. The Bertz CT molecular complexity index is 598. The predicted octanol–water partition coefficient (Wildman–Crippen LogP) is 3.36. The molecule has 0 aromatic heterocycles. The van der Waals surface area contributed by atoms with E-state index >= 15 is 0 Å². The molecule has 2 fully saturated rings. The zero-order valence-electron chi connectivity index (χ0n) is 17.9. The minimum atomic E-state index is 0.589. The Balaban J connectivity index is 1.43. The molecule has 1 unspecified atom stereocenters. The summed E-state index contributed by atoms with van der Waals surface area (Å²) in [7, 11) is 0. The molecule has 2 aliphatic rings.